The first-order valence-electron chi connectivity index (χ1n) is 7.37. The Bertz CT molecular complexity index is 562. The predicted molar refractivity (Wildman–Crippen MR) is 104 cm³/mol. The van der Waals surface area contributed by atoms with Crippen LogP contribution >= 0.6 is 35.6 Å². The molecule has 0 saturated heterocycles. The van der Waals surface area contributed by atoms with Crippen LogP contribution in [-0.2, 0) is 14.9 Å². The molecule has 0 amide bonds. The van der Waals surface area contributed by atoms with E-state index in [-0.39, 0.29) is 35.4 Å². The van der Waals surface area contributed by atoms with Gasteiger partial charge in [-0.2, -0.15) is 0 Å². The van der Waals surface area contributed by atoms with Gasteiger partial charge in [0.15, 0.2) is 5.96 Å². The molecule has 0 aromatic heterocycles. The lowest BCUT2D eigenvalue weighted by Crippen LogP contribution is -2.42. The minimum absolute atomic E-state index is 0. The van der Waals surface area contributed by atoms with Crippen LogP contribution in [-0.4, -0.2) is 39.2 Å². The van der Waals surface area contributed by atoms with E-state index in [0.717, 1.165) is 24.4 Å². The Balaban J connectivity index is 0.00000264. The first-order valence-corrected chi connectivity index (χ1v) is 7.75. The van der Waals surface area contributed by atoms with Crippen molar-refractivity contribution in [3.63, 3.8) is 0 Å². The summed E-state index contributed by atoms with van der Waals surface area (Å²) in [4.78, 5) is 15.3. The van der Waals surface area contributed by atoms with Gasteiger partial charge in [0.05, 0.1) is 13.5 Å². The van der Waals surface area contributed by atoms with Gasteiger partial charge in [0.1, 0.15) is 0 Å². The third kappa shape index (κ3) is 5.84. The highest BCUT2D eigenvalue weighted by Gasteiger charge is 2.44. The minimum atomic E-state index is -0.236. The second-order valence-electron chi connectivity index (χ2n) is 5.47. The number of nitrogens with zero attached hydrogens (tertiary/aromatic N) is 1. The van der Waals surface area contributed by atoms with E-state index in [0.29, 0.717) is 18.9 Å². The fourth-order valence-corrected chi connectivity index (χ4v) is 2.59. The van der Waals surface area contributed by atoms with Crippen molar-refractivity contribution in [3.8, 4) is 0 Å². The highest BCUT2D eigenvalue weighted by molar-refractivity contribution is 14.0. The number of hydrogen-bond donors (Lipinski definition) is 2. The molecule has 5 nitrogen and oxygen atoms in total. The van der Waals surface area contributed by atoms with Crippen LogP contribution in [0.25, 0.3) is 0 Å². The topological polar surface area (TPSA) is 62.7 Å². The van der Waals surface area contributed by atoms with Crippen LogP contribution in [0.3, 0.4) is 0 Å². The molecule has 0 heterocycles. The molecule has 0 bridgehead atoms. The molecule has 0 unspecified atom stereocenters. The molecule has 1 aromatic carbocycles. The summed E-state index contributed by atoms with van der Waals surface area (Å²) in [5.41, 5.74) is 1.41. The highest BCUT2D eigenvalue weighted by Crippen LogP contribution is 2.48. The van der Waals surface area contributed by atoms with E-state index in [2.05, 4.69) is 26.4 Å². The van der Waals surface area contributed by atoms with Gasteiger partial charge >= 0.3 is 5.97 Å². The molecule has 1 aromatic rings. The van der Waals surface area contributed by atoms with E-state index >= 15 is 0 Å². The van der Waals surface area contributed by atoms with E-state index in [4.69, 9.17) is 11.6 Å². The number of carbonyl (C=O) groups is 1. The summed E-state index contributed by atoms with van der Waals surface area (Å²) in [5, 5.41) is 7.20. The molecule has 0 spiro atoms. The number of hydrogen-bond acceptors (Lipinski definition) is 3. The number of aliphatic imine (C=N–C) groups is 1. The number of guanidine groups is 1. The number of benzene rings is 1. The van der Waals surface area contributed by atoms with Gasteiger partial charge in [-0.3, -0.25) is 9.79 Å². The van der Waals surface area contributed by atoms with Gasteiger partial charge in [-0.05, 0) is 30.5 Å². The number of ether oxygens (including phenoxy) is 1. The van der Waals surface area contributed by atoms with E-state index in [1.54, 1.807) is 7.05 Å². The first-order chi connectivity index (χ1) is 10.6. The summed E-state index contributed by atoms with van der Waals surface area (Å²) in [7, 11) is 3.10. The zero-order chi connectivity index (χ0) is 16.0. The molecule has 23 heavy (non-hydrogen) atoms. The van der Waals surface area contributed by atoms with Crippen LogP contribution in [0, 0.1) is 0 Å². The van der Waals surface area contributed by atoms with Crippen LogP contribution in [0.4, 0.5) is 0 Å². The van der Waals surface area contributed by atoms with E-state index in [1.165, 1.54) is 12.7 Å². The van der Waals surface area contributed by atoms with Crippen molar-refractivity contribution in [3.05, 3.63) is 34.9 Å². The maximum atomic E-state index is 11.1. The third-order valence-electron chi connectivity index (χ3n) is 3.96. The lowest BCUT2D eigenvalue weighted by molar-refractivity contribution is -0.140. The number of esters is 1. The minimum Gasteiger partial charge on any atom is -0.469 e. The Labute approximate surface area is 159 Å². The summed E-state index contributed by atoms with van der Waals surface area (Å²) in [6, 6.07) is 8.03. The van der Waals surface area contributed by atoms with Gasteiger partial charge < -0.3 is 15.4 Å². The van der Waals surface area contributed by atoms with Gasteiger partial charge in [0.2, 0.25) is 0 Å². The molecule has 2 rings (SSSR count). The van der Waals surface area contributed by atoms with Gasteiger partial charge in [-0.15, -0.1) is 24.0 Å². The normalized spacial score (nSPS) is 15.3. The maximum absolute atomic E-state index is 11.1. The van der Waals surface area contributed by atoms with Gasteiger partial charge in [0, 0.05) is 30.6 Å². The molecule has 128 valence electrons. The average molecular weight is 452 g/mol. The standard InChI is InChI=1S/C16H22ClN3O2.HI/c1-18-15(19-9-6-14(21)22-2)20-11-16(7-8-16)12-4-3-5-13(17)10-12;/h3-5,10H,6-9,11H2,1-2H3,(H2,18,19,20);1H. The molecule has 2 N–H and O–H groups in total. The molecule has 0 atom stereocenters. The quantitative estimate of drug-likeness (QED) is 0.302. The number of rotatable bonds is 6. The molecule has 1 fully saturated rings. The lowest BCUT2D eigenvalue weighted by atomic mass is 9.96. The fourth-order valence-electron chi connectivity index (χ4n) is 2.40. The van der Waals surface area contributed by atoms with Crippen molar-refractivity contribution in [2.24, 2.45) is 4.99 Å². The molecule has 7 heteroatoms. The maximum Gasteiger partial charge on any atom is 0.307 e. The van der Waals surface area contributed by atoms with Crippen LogP contribution < -0.4 is 10.6 Å². The van der Waals surface area contributed by atoms with Crippen LogP contribution in [0.5, 0.6) is 0 Å². The summed E-state index contributed by atoms with van der Waals surface area (Å²) in [6.07, 6.45) is 2.59. The second kappa shape index (κ2) is 9.32. The lowest BCUT2D eigenvalue weighted by Gasteiger charge is -2.19. The Hall–Kier alpha value is -1.02. The molecule has 0 aliphatic heterocycles. The Kier molecular flexibility index (Phi) is 8.11. The van der Waals surface area contributed by atoms with Crippen LogP contribution in [0.15, 0.2) is 29.3 Å². The molecule has 1 aliphatic rings. The Morgan fingerprint density at radius 1 is 1.39 bits per heavy atom. The molecule has 0 radical (unpaired) electrons. The van der Waals surface area contributed by atoms with Gasteiger partial charge in [-0.1, -0.05) is 23.7 Å². The van der Waals surface area contributed by atoms with Crippen LogP contribution in [0.2, 0.25) is 5.02 Å². The molecular weight excluding hydrogens is 429 g/mol. The summed E-state index contributed by atoms with van der Waals surface area (Å²) in [5.74, 6) is 0.456. The van der Waals surface area contributed by atoms with Crippen molar-refractivity contribution >= 4 is 47.5 Å². The second-order valence-corrected chi connectivity index (χ2v) is 5.91. The van der Waals surface area contributed by atoms with E-state index in [9.17, 15) is 4.79 Å². The van der Waals surface area contributed by atoms with Crippen molar-refractivity contribution in [2.45, 2.75) is 24.7 Å². The molecule has 1 aliphatic carbocycles. The summed E-state index contributed by atoms with van der Waals surface area (Å²) in [6.45, 7) is 1.29. The third-order valence-corrected chi connectivity index (χ3v) is 4.19. The first kappa shape index (κ1) is 20.0. The van der Waals surface area contributed by atoms with Gasteiger partial charge in [-0.25, -0.2) is 0 Å². The average Bonchev–Trinajstić information content (AvgIpc) is 3.31. The number of carbonyl (C=O) groups excluding carboxylic acids is 1. The Morgan fingerprint density at radius 3 is 2.70 bits per heavy atom. The van der Waals surface area contributed by atoms with Crippen molar-refractivity contribution < 1.29 is 9.53 Å². The summed E-state index contributed by atoms with van der Waals surface area (Å²) >= 11 is 6.08. The molecule has 1 saturated carbocycles. The fraction of sp³-hybridized carbons (Fsp3) is 0.500. The highest BCUT2D eigenvalue weighted by atomic mass is 127. The number of nitrogens with one attached hydrogen (secondary N) is 2. The monoisotopic (exact) mass is 451 g/mol. The zero-order valence-electron chi connectivity index (χ0n) is 13.4. The van der Waals surface area contributed by atoms with E-state index < -0.39 is 0 Å². The van der Waals surface area contributed by atoms with Crippen molar-refractivity contribution in [2.75, 3.05) is 27.2 Å². The van der Waals surface area contributed by atoms with Crippen molar-refractivity contribution in [1.82, 2.24) is 10.6 Å². The summed E-state index contributed by atoms with van der Waals surface area (Å²) < 4.78 is 4.61. The SMILES string of the molecule is CN=C(NCCC(=O)OC)NCC1(c2cccc(Cl)c2)CC1.I. The van der Waals surface area contributed by atoms with Crippen LogP contribution in [0.1, 0.15) is 24.8 Å². The van der Waals surface area contributed by atoms with Gasteiger partial charge in [0.25, 0.3) is 0 Å². The molecular formula is C16H23ClIN3O2. The zero-order valence-corrected chi connectivity index (χ0v) is 16.5. The Morgan fingerprint density at radius 2 is 2.13 bits per heavy atom. The van der Waals surface area contributed by atoms with Crippen molar-refractivity contribution in [1.29, 1.82) is 0 Å². The van der Waals surface area contributed by atoms with E-state index in [1.807, 2.05) is 18.2 Å². The number of methoxy groups -OCH3 is 1. The number of halogens is 2. The smallest absolute Gasteiger partial charge is 0.307 e. The predicted octanol–water partition coefficient (Wildman–Crippen LogP) is 2.72. The largest absolute Gasteiger partial charge is 0.469 e.